The van der Waals surface area contributed by atoms with Gasteiger partial charge in [0.25, 0.3) is 11.8 Å². The summed E-state index contributed by atoms with van der Waals surface area (Å²) in [4.78, 5) is 40.6. The summed E-state index contributed by atoms with van der Waals surface area (Å²) in [5.74, 6) is -0.248. The van der Waals surface area contributed by atoms with Gasteiger partial charge in [0.15, 0.2) is 23.8 Å². The van der Waals surface area contributed by atoms with Crippen LogP contribution in [0.3, 0.4) is 0 Å². The number of esters is 1. The van der Waals surface area contributed by atoms with Gasteiger partial charge in [-0.2, -0.15) is 0 Å². The summed E-state index contributed by atoms with van der Waals surface area (Å²) >= 11 is 0. The Bertz CT molecular complexity index is 1360. The normalized spacial score (nSPS) is 17.4. The Kier molecular flexibility index (Phi) is 5.32. The van der Waals surface area contributed by atoms with E-state index in [1.807, 2.05) is 0 Å². The number of anilines is 2. The van der Waals surface area contributed by atoms with Crippen molar-refractivity contribution in [3.05, 3.63) is 54.4 Å². The van der Waals surface area contributed by atoms with Gasteiger partial charge in [0.1, 0.15) is 18.8 Å². The standard InChI is InChI=1S/C25H23N5O6/c31-22(30-19-6-2-1-5-17(19)26-24(33)25(30)9-3-4-10-25)15-36-23(32)18-14-29(28-27-18)16-7-8-20-21(13-16)35-12-11-34-20/h1-2,5-8,13-14H,3-4,9-12,15H2,(H,26,33). The number of ether oxygens (including phenoxy) is 3. The summed E-state index contributed by atoms with van der Waals surface area (Å²) in [7, 11) is 0. The van der Waals surface area contributed by atoms with E-state index in [9.17, 15) is 14.4 Å². The molecule has 36 heavy (non-hydrogen) atoms. The van der Waals surface area contributed by atoms with Crippen molar-refractivity contribution in [1.82, 2.24) is 15.0 Å². The fourth-order valence-electron chi connectivity index (χ4n) is 5.05. The zero-order valence-corrected chi connectivity index (χ0v) is 19.3. The van der Waals surface area contributed by atoms with Crippen molar-refractivity contribution < 1.29 is 28.6 Å². The summed E-state index contributed by atoms with van der Waals surface area (Å²) < 4.78 is 17.8. The van der Waals surface area contributed by atoms with Gasteiger partial charge in [-0.05, 0) is 37.1 Å². The molecule has 0 radical (unpaired) electrons. The molecule has 3 heterocycles. The first-order valence-electron chi connectivity index (χ1n) is 11.8. The van der Waals surface area contributed by atoms with Crippen LogP contribution in [0.15, 0.2) is 48.7 Å². The molecule has 2 aliphatic heterocycles. The Hall–Kier alpha value is -4.41. The summed E-state index contributed by atoms with van der Waals surface area (Å²) in [5, 5.41) is 10.8. The fourth-order valence-corrected chi connectivity index (χ4v) is 5.05. The minimum atomic E-state index is -0.973. The quantitative estimate of drug-likeness (QED) is 0.555. The molecule has 3 aromatic rings. The lowest BCUT2D eigenvalue weighted by Crippen LogP contribution is -2.61. The molecule has 0 unspecified atom stereocenters. The van der Waals surface area contributed by atoms with Gasteiger partial charge in [-0.15, -0.1) is 5.10 Å². The van der Waals surface area contributed by atoms with Crippen molar-refractivity contribution in [2.24, 2.45) is 0 Å². The molecule has 1 spiro atoms. The molecule has 1 fully saturated rings. The number of benzene rings is 2. The number of amides is 2. The van der Waals surface area contributed by atoms with E-state index in [-0.39, 0.29) is 11.6 Å². The molecule has 0 atom stereocenters. The average Bonchev–Trinajstić information content (AvgIpc) is 3.59. The highest BCUT2D eigenvalue weighted by Gasteiger charge is 2.52. The van der Waals surface area contributed by atoms with E-state index in [1.165, 1.54) is 15.8 Å². The Labute approximate surface area is 205 Å². The average molecular weight is 489 g/mol. The number of aromatic nitrogens is 3. The highest BCUT2D eigenvalue weighted by atomic mass is 16.6. The van der Waals surface area contributed by atoms with Crippen LogP contribution in [-0.2, 0) is 14.3 Å². The van der Waals surface area contributed by atoms with Crippen LogP contribution < -0.4 is 19.7 Å². The summed E-state index contributed by atoms with van der Waals surface area (Å²) in [6.07, 6.45) is 4.19. The van der Waals surface area contributed by atoms with Crippen LogP contribution in [0.2, 0.25) is 0 Å². The Balaban J connectivity index is 1.18. The number of hydrogen-bond acceptors (Lipinski definition) is 8. The minimum absolute atomic E-state index is 0.0509. The zero-order valence-electron chi connectivity index (χ0n) is 19.3. The number of carbonyl (C=O) groups is 3. The van der Waals surface area contributed by atoms with Gasteiger partial charge in [0, 0.05) is 6.07 Å². The highest BCUT2D eigenvalue weighted by Crippen LogP contribution is 2.45. The van der Waals surface area contributed by atoms with Gasteiger partial charge in [0.2, 0.25) is 0 Å². The summed E-state index contributed by atoms with van der Waals surface area (Å²) in [6, 6.07) is 12.4. The molecule has 2 amide bonds. The lowest BCUT2D eigenvalue weighted by Gasteiger charge is -2.44. The van der Waals surface area contributed by atoms with E-state index in [4.69, 9.17) is 14.2 Å². The van der Waals surface area contributed by atoms with E-state index in [0.29, 0.717) is 54.6 Å². The molecule has 2 aromatic carbocycles. The Morgan fingerprint density at radius 2 is 1.83 bits per heavy atom. The van der Waals surface area contributed by atoms with E-state index in [1.54, 1.807) is 42.5 Å². The SMILES string of the molecule is O=C(OCC(=O)N1c2ccccc2NC(=O)C12CCCC2)c1cn(-c2ccc3c(c2)OCCO3)nn1. The number of hydrogen-bond donors (Lipinski definition) is 1. The molecular weight excluding hydrogens is 466 g/mol. The molecule has 11 heteroatoms. The minimum Gasteiger partial charge on any atom is -0.486 e. The number of fused-ring (bicyclic) bond motifs is 2. The van der Waals surface area contributed by atoms with Gasteiger partial charge in [-0.25, -0.2) is 9.48 Å². The van der Waals surface area contributed by atoms with Gasteiger partial charge in [-0.3, -0.25) is 14.5 Å². The number of para-hydroxylation sites is 2. The van der Waals surface area contributed by atoms with Gasteiger partial charge in [-0.1, -0.05) is 30.2 Å². The number of nitrogens with zero attached hydrogens (tertiary/aromatic N) is 4. The van der Waals surface area contributed by atoms with Gasteiger partial charge < -0.3 is 19.5 Å². The van der Waals surface area contributed by atoms with Gasteiger partial charge in [0.05, 0.1) is 23.3 Å². The van der Waals surface area contributed by atoms with Crippen LogP contribution in [0.4, 0.5) is 11.4 Å². The van der Waals surface area contributed by atoms with Crippen molar-refractivity contribution in [2.75, 3.05) is 30.0 Å². The maximum atomic E-state index is 13.4. The molecule has 11 nitrogen and oxygen atoms in total. The van der Waals surface area contributed by atoms with Gasteiger partial charge >= 0.3 is 5.97 Å². The molecule has 1 aromatic heterocycles. The molecule has 184 valence electrons. The van der Waals surface area contributed by atoms with Crippen LogP contribution in [0.1, 0.15) is 36.2 Å². The summed E-state index contributed by atoms with van der Waals surface area (Å²) in [6.45, 7) is 0.405. The molecule has 1 saturated carbocycles. The smallest absolute Gasteiger partial charge is 0.361 e. The summed E-state index contributed by atoms with van der Waals surface area (Å²) in [5.41, 5.74) is 0.761. The second-order valence-corrected chi connectivity index (χ2v) is 8.89. The molecule has 0 saturated heterocycles. The lowest BCUT2D eigenvalue weighted by molar-refractivity contribution is -0.129. The topological polar surface area (TPSA) is 125 Å². The van der Waals surface area contributed by atoms with Crippen molar-refractivity contribution in [1.29, 1.82) is 0 Å². The molecule has 3 aliphatic rings. The van der Waals surface area contributed by atoms with E-state index < -0.39 is 24.0 Å². The van der Waals surface area contributed by atoms with Crippen molar-refractivity contribution in [3.63, 3.8) is 0 Å². The Morgan fingerprint density at radius 1 is 1.06 bits per heavy atom. The van der Waals surface area contributed by atoms with E-state index >= 15 is 0 Å². The maximum absolute atomic E-state index is 13.4. The number of nitrogens with one attached hydrogen (secondary N) is 1. The zero-order chi connectivity index (χ0) is 24.7. The third-order valence-corrected chi connectivity index (χ3v) is 6.74. The molecule has 1 aliphatic carbocycles. The van der Waals surface area contributed by atoms with Crippen molar-refractivity contribution in [3.8, 4) is 17.2 Å². The third kappa shape index (κ3) is 3.63. The van der Waals surface area contributed by atoms with Crippen LogP contribution in [0.25, 0.3) is 5.69 Å². The lowest BCUT2D eigenvalue weighted by atomic mass is 9.90. The second kappa shape index (κ2) is 8.67. The molecular formula is C25H23N5O6. The van der Waals surface area contributed by atoms with Crippen LogP contribution >= 0.6 is 0 Å². The highest BCUT2D eigenvalue weighted by molar-refractivity contribution is 6.15. The monoisotopic (exact) mass is 489 g/mol. The number of rotatable bonds is 4. The third-order valence-electron chi connectivity index (χ3n) is 6.74. The van der Waals surface area contributed by atoms with E-state index in [0.717, 1.165) is 12.8 Å². The Morgan fingerprint density at radius 3 is 2.67 bits per heavy atom. The first-order chi connectivity index (χ1) is 17.5. The van der Waals surface area contributed by atoms with Crippen LogP contribution in [0, 0.1) is 0 Å². The fraction of sp³-hybridized carbons (Fsp3) is 0.320. The first kappa shape index (κ1) is 22.1. The predicted octanol–water partition coefficient (Wildman–Crippen LogP) is 2.49. The molecule has 6 rings (SSSR count). The van der Waals surface area contributed by atoms with Crippen LogP contribution in [-0.4, -0.2) is 58.1 Å². The first-order valence-corrected chi connectivity index (χ1v) is 11.8. The number of carbonyl (C=O) groups excluding carboxylic acids is 3. The second-order valence-electron chi connectivity index (χ2n) is 8.89. The van der Waals surface area contributed by atoms with Crippen molar-refractivity contribution in [2.45, 2.75) is 31.2 Å². The maximum Gasteiger partial charge on any atom is 0.361 e. The van der Waals surface area contributed by atoms with E-state index in [2.05, 4.69) is 15.6 Å². The molecule has 1 N–H and O–H groups in total. The predicted molar refractivity (Wildman–Crippen MR) is 126 cm³/mol. The van der Waals surface area contributed by atoms with Crippen molar-refractivity contribution >= 4 is 29.2 Å². The largest absolute Gasteiger partial charge is 0.486 e. The molecule has 0 bridgehead atoms. The van der Waals surface area contributed by atoms with Crippen LogP contribution in [0.5, 0.6) is 11.5 Å².